The summed E-state index contributed by atoms with van der Waals surface area (Å²) in [4.78, 5) is 0. The lowest BCUT2D eigenvalue weighted by Crippen LogP contribution is -2.51. The Bertz CT molecular complexity index is 571. The zero-order valence-electron chi connectivity index (χ0n) is 14.9. The molecule has 6 atom stereocenters. The summed E-state index contributed by atoms with van der Waals surface area (Å²) >= 11 is 0. The quantitative estimate of drug-likeness (QED) is 0.641. The van der Waals surface area contributed by atoms with Crippen LogP contribution >= 0.6 is 0 Å². The van der Waals surface area contributed by atoms with Gasteiger partial charge in [0.05, 0.1) is 6.10 Å². The Hall–Kier alpha value is -0.820. The molecule has 0 radical (unpaired) electrons. The van der Waals surface area contributed by atoms with Crippen LogP contribution < -0.4 is 0 Å². The van der Waals surface area contributed by atoms with Gasteiger partial charge in [0.15, 0.2) is 0 Å². The van der Waals surface area contributed by atoms with Crippen LogP contribution in [0.3, 0.4) is 0 Å². The first kappa shape index (κ1) is 15.7. The van der Waals surface area contributed by atoms with Gasteiger partial charge >= 0.3 is 0 Å². The number of hydrogen-bond acceptors (Lipinski definition) is 1. The molecule has 0 aromatic carbocycles. The standard InChI is InChI=1S/C22H32O/c1-4-15-10-13-22(5-2)16(14-15)6-7-17-18-8-9-20(23)21(18,3)12-11-19(17)22/h4-5,14,17-20,23H,2,6-13H2,1,3H3/b15-4+/t17?,18?,19?,20?,21?,22-/m0/s1. The van der Waals surface area contributed by atoms with E-state index in [4.69, 9.17) is 0 Å². The smallest absolute Gasteiger partial charge is 0.0596 e. The van der Waals surface area contributed by atoms with Gasteiger partial charge in [-0.2, -0.15) is 0 Å². The van der Waals surface area contributed by atoms with Crippen LogP contribution in [0.2, 0.25) is 0 Å². The van der Waals surface area contributed by atoms with Crippen LogP contribution in [0.15, 0.2) is 36.0 Å². The van der Waals surface area contributed by atoms with Gasteiger partial charge in [-0.1, -0.05) is 36.3 Å². The van der Waals surface area contributed by atoms with E-state index >= 15 is 0 Å². The number of aliphatic hydroxyl groups is 1. The topological polar surface area (TPSA) is 20.2 Å². The number of fused-ring (bicyclic) bond motifs is 5. The monoisotopic (exact) mass is 312 g/mol. The minimum atomic E-state index is -0.0638. The van der Waals surface area contributed by atoms with Gasteiger partial charge in [0.25, 0.3) is 0 Å². The van der Waals surface area contributed by atoms with Crippen LogP contribution in [0.5, 0.6) is 0 Å². The summed E-state index contributed by atoms with van der Waals surface area (Å²) in [5, 5.41) is 10.6. The van der Waals surface area contributed by atoms with Crippen LogP contribution in [-0.2, 0) is 0 Å². The predicted molar refractivity (Wildman–Crippen MR) is 96.0 cm³/mol. The van der Waals surface area contributed by atoms with Gasteiger partial charge < -0.3 is 5.11 Å². The minimum Gasteiger partial charge on any atom is -0.393 e. The third-order valence-electron chi connectivity index (χ3n) is 8.32. The number of allylic oxidation sites excluding steroid dienone is 5. The average Bonchev–Trinajstić information content (AvgIpc) is 2.89. The Labute approximate surface area is 141 Å². The van der Waals surface area contributed by atoms with E-state index in [0.717, 1.165) is 24.2 Å². The van der Waals surface area contributed by atoms with E-state index in [2.05, 4.69) is 38.7 Å². The Morgan fingerprint density at radius 2 is 1.96 bits per heavy atom. The van der Waals surface area contributed by atoms with Crippen molar-refractivity contribution in [2.24, 2.45) is 28.6 Å². The molecule has 0 saturated heterocycles. The molecule has 0 spiro atoms. The average molecular weight is 312 g/mol. The molecule has 4 aliphatic rings. The van der Waals surface area contributed by atoms with E-state index in [1.165, 1.54) is 50.5 Å². The third kappa shape index (κ3) is 2.02. The van der Waals surface area contributed by atoms with Gasteiger partial charge in [-0.25, -0.2) is 0 Å². The van der Waals surface area contributed by atoms with Crippen molar-refractivity contribution >= 4 is 0 Å². The van der Waals surface area contributed by atoms with Crippen molar-refractivity contribution in [3.8, 4) is 0 Å². The molecule has 3 fully saturated rings. The fraction of sp³-hybridized carbons (Fsp3) is 0.727. The first-order valence-electron chi connectivity index (χ1n) is 9.73. The molecule has 3 saturated carbocycles. The molecule has 5 unspecified atom stereocenters. The molecule has 23 heavy (non-hydrogen) atoms. The van der Waals surface area contributed by atoms with Gasteiger partial charge in [-0.05, 0) is 81.5 Å². The van der Waals surface area contributed by atoms with Gasteiger partial charge in [-0.15, -0.1) is 6.58 Å². The molecule has 4 rings (SSSR count). The van der Waals surface area contributed by atoms with Crippen molar-refractivity contribution in [3.05, 3.63) is 36.0 Å². The van der Waals surface area contributed by atoms with Crippen LogP contribution in [0.4, 0.5) is 0 Å². The van der Waals surface area contributed by atoms with Crippen molar-refractivity contribution in [2.75, 3.05) is 0 Å². The zero-order valence-corrected chi connectivity index (χ0v) is 14.9. The molecule has 126 valence electrons. The second-order valence-electron chi connectivity index (χ2n) is 8.83. The fourth-order valence-electron chi connectivity index (χ4n) is 6.91. The minimum absolute atomic E-state index is 0.0638. The summed E-state index contributed by atoms with van der Waals surface area (Å²) < 4.78 is 0. The number of rotatable bonds is 1. The highest BCUT2D eigenvalue weighted by molar-refractivity contribution is 5.38. The molecule has 0 bridgehead atoms. The van der Waals surface area contributed by atoms with Crippen molar-refractivity contribution < 1.29 is 5.11 Å². The molecule has 0 heterocycles. The van der Waals surface area contributed by atoms with Crippen LogP contribution in [0.25, 0.3) is 0 Å². The summed E-state index contributed by atoms with van der Waals surface area (Å²) in [6.45, 7) is 8.85. The van der Waals surface area contributed by atoms with Crippen LogP contribution in [0, 0.1) is 28.6 Å². The molecule has 4 aliphatic carbocycles. The molecule has 0 amide bonds. The summed E-state index contributed by atoms with van der Waals surface area (Å²) in [6.07, 6.45) is 16.8. The van der Waals surface area contributed by atoms with Gasteiger partial charge in [0.2, 0.25) is 0 Å². The molecule has 1 nitrogen and oxygen atoms in total. The van der Waals surface area contributed by atoms with Crippen molar-refractivity contribution in [1.82, 2.24) is 0 Å². The Balaban J connectivity index is 1.72. The molecular formula is C22H32O. The first-order valence-corrected chi connectivity index (χ1v) is 9.73. The highest BCUT2D eigenvalue weighted by atomic mass is 16.3. The molecule has 0 aromatic heterocycles. The lowest BCUT2D eigenvalue weighted by atomic mass is 9.47. The third-order valence-corrected chi connectivity index (χ3v) is 8.32. The Morgan fingerprint density at radius 1 is 1.13 bits per heavy atom. The maximum absolute atomic E-state index is 10.6. The summed E-state index contributed by atoms with van der Waals surface area (Å²) in [7, 11) is 0. The summed E-state index contributed by atoms with van der Waals surface area (Å²) in [6, 6.07) is 0. The SMILES string of the molecule is C=C[C@]12CC/C(=C\C)C=C1CCC1C3CCC(O)C3(C)CCC12. The van der Waals surface area contributed by atoms with Crippen molar-refractivity contribution in [1.29, 1.82) is 0 Å². The molecule has 1 N–H and O–H groups in total. The lowest BCUT2D eigenvalue weighted by molar-refractivity contribution is -0.0663. The van der Waals surface area contributed by atoms with Gasteiger partial charge in [0.1, 0.15) is 0 Å². The molecular weight excluding hydrogens is 280 g/mol. The van der Waals surface area contributed by atoms with E-state index in [9.17, 15) is 5.11 Å². The number of hydrogen-bond donors (Lipinski definition) is 1. The Kier molecular flexibility index (Phi) is 3.65. The summed E-state index contributed by atoms with van der Waals surface area (Å²) in [5.41, 5.74) is 3.63. The van der Waals surface area contributed by atoms with E-state index in [0.29, 0.717) is 0 Å². The maximum Gasteiger partial charge on any atom is 0.0596 e. The van der Waals surface area contributed by atoms with Crippen LogP contribution in [0.1, 0.15) is 65.2 Å². The molecule has 1 heteroatoms. The first-order chi connectivity index (χ1) is 11.0. The van der Waals surface area contributed by atoms with Crippen molar-refractivity contribution in [3.63, 3.8) is 0 Å². The van der Waals surface area contributed by atoms with Gasteiger partial charge in [0, 0.05) is 5.41 Å². The largest absolute Gasteiger partial charge is 0.393 e. The van der Waals surface area contributed by atoms with E-state index < -0.39 is 0 Å². The van der Waals surface area contributed by atoms with E-state index in [1.54, 1.807) is 5.57 Å². The molecule has 0 aromatic rings. The second-order valence-corrected chi connectivity index (χ2v) is 8.83. The molecule has 0 aliphatic heterocycles. The fourth-order valence-corrected chi connectivity index (χ4v) is 6.91. The highest BCUT2D eigenvalue weighted by Gasteiger charge is 2.59. The lowest BCUT2D eigenvalue weighted by Gasteiger charge is -2.58. The Morgan fingerprint density at radius 3 is 2.70 bits per heavy atom. The highest BCUT2D eigenvalue weighted by Crippen LogP contribution is 2.66. The van der Waals surface area contributed by atoms with Crippen molar-refractivity contribution in [2.45, 2.75) is 71.3 Å². The maximum atomic E-state index is 10.6. The van der Waals surface area contributed by atoms with Crippen LogP contribution in [-0.4, -0.2) is 11.2 Å². The van der Waals surface area contributed by atoms with Gasteiger partial charge in [-0.3, -0.25) is 0 Å². The predicted octanol–water partition coefficient (Wildman–Crippen LogP) is 5.42. The summed E-state index contributed by atoms with van der Waals surface area (Å²) in [5.74, 6) is 2.30. The van der Waals surface area contributed by atoms with E-state index in [-0.39, 0.29) is 16.9 Å². The van der Waals surface area contributed by atoms with E-state index in [1.807, 2.05) is 0 Å². The number of aliphatic hydroxyl groups excluding tert-OH is 1. The zero-order chi connectivity index (χ0) is 16.2. The second kappa shape index (κ2) is 5.34. The normalized spacial score (nSPS) is 50.7.